The predicted octanol–water partition coefficient (Wildman–Crippen LogP) is 2.72. The fourth-order valence-corrected chi connectivity index (χ4v) is 4.65. The van der Waals surface area contributed by atoms with Gasteiger partial charge in [0.1, 0.15) is 17.6 Å². The SMILES string of the molecule is COCCNC(=O)[C@H]1COC2(CCN(C(=O)c3ccc(Cl)cc3)CC2)N1C(=O)c1ccc(F)cc1. The van der Waals surface area contributed by atoms with E-state index in [2.05, 4.69) is 5.32 Å². The van der Waals surface area contributed by atoms with Gasteiger partial charge in [-0.3, -0.25) is 19.3 Å². The maximum absolute atomic E-state index is 13.6. The molecule has 0 aromatic heterocycles. The first-order valence-electron chi connectivity index (χ1n) is 11.4. The second kappa shape index (κ2) is 10.7. The molecule has 0 aliphatic carbocycles. The van der Waals surface area contributed by atoms with Gasteiger partial charge in [0.05, 0.1) is 13.2 Å². The maximum atomic E-state index is 13.6. The number of amides is 3. The minimum atomic E-state index is -1.05. The molecular weight excluding hydrogens is 477 g/mol. The monoisotopic (exact) mass is 503 g/mol. The number of carbonyl (C=O) groups is 3. The number of nitrogens with zero attached hydrogens (tertiary/aromatic N) is 2. The van der Waals surface area contributed by atoms with Crippen LogP contribution in [0.15, 0.2) is 48.5 Å². The smallest absolute Gasteiger partial charge is 0.256 e. The summed E-state index contributed by atoms with van der Waals surface area (Å²) in [4.78, 5) is 42.6. The van der Waals surface area contributed by atoms with Gasteiger partial charge in [-0.25, -0.2) is 4.39 Å². The van der Waals surface area contributed by atoms with Gasteiger partial charge < -0.3 is 19.7 Å². The number of piperidine rings is 1. The van der Waals surface area contributed by atoms with E-state index in [1.165, 1.54) is 36.3 Å². The molecule has 2 aliphatic heterocycles. The van der Waals surface area contributed by atoms with Crippen LogP contribution in [0.5, 0.6) is 0 Å². The molecule has 1 spiro atoms. The third-order valence-electron chi connectivity index (χ3n) is 6.40. The summed E-state index contributed by atoms with van der Waals surface area (Å²) < 4.78 is 24.6. The number of ether oxygens (including phenoxy) is 2. The number of methoxy groups -OCH3 is 1. The lowest BCUT2D eigenvalue weighted by molar-refractivity contribution is -0.128. The summed E-state index contributed by atoms with van der Waals surface area (Å²) in [5.41, 5.74) is -0.274. The summed E-state index contributed by atoms with van der Waals surface area (Å²) in [7, 11) is 1.53. The van der Waals surface area contributed by atoms with Crippen LogP contribution in [0, 0.1) is 5.82 Å². The number of carbonyl (C=O) groups excluding carboxylic acids is 3. The molecule has 2 aromatic carbocycles. The van der Waals surface area contributed by atoms with Gasteiger partial charge >= 0.3 is 0 Å². The summed E-state index contributed by atoms with van der Waals surface area (Å²) in [6.45, 7) is 1.33. The molecule has 10 heteroatoms. The average molecular weight is 504 g/mol. The van der Waals surface area contributed by atoms with E-state index in [0.29, 0.717) is 49.7 Å². The molecule has 0 radical (unpaired) electrons. The van der Waals surface area contributed by atoms with Gasteiger partial charge in [0, 0.05) is 55.7 Å². The van der Waals surface area contributed by atoms with Crippen molar-refractivity contribution in [1.29, 1.82) is 0 Å². The van der Waals surface area contributed by atoms with Gasteiger partial charge in [-0.05, 0) is 48.5 Å². The Kier molecular flexibility index (Phi) is 7.69. The normalized spacial score (nSPS) is 19.1. The quantitative estimate of drug-likeness (QED) is 0.612. The van der Waals surface area contributed by atoms with Crippen LogP contribution >= 0.6 is 11.6 Å². The van der Waals surface area contributed by atoms with E-state index in [-0.39, 0.29) is 24.0 Å². The summed E-state index contributed by atoms with van der Waals surface area (Å²) in [5.74, 6) is -1.38. The van der Waals surface area contributed by atoms with E-state index in [9.17, 15) is 18.8 Å². The molecule has 2 fully saturated rings. The van der Waals surface area contributed by atoms with Gasteiger partial charge in [-0.2, -0.15) is 0 Å². The molecule has 2 aliphatic rings. The highest BCUT2D eigenvalue weighted by molar-refractivity contribution is 6.30. The van der Waals surface area contributed by atoms with E-state index >= 15 is 0 Å². The Hall–Kier alpha value is -3.01. The van der Waals surface area contributed by atoms with Crippen molar-refractivity contribution < 1.29 is 28.2 Å². The Morgan fingerprint density at radius 3 is 2.29 bits per heavy atom. The summed E-state index contributed by atoms with van der Waals surface area (Å²) in [6, 6.07) is 11.0. The number of hydrogen-bond acceptors (Lipinski definition) is 5. The van der Waals surface area contributed by atoms with Crippen LogP contribution in [0.2, 0.25) is 5.02 Å². The molecule has 4 rings (SSSR count). The first kappa shape index (κ1) is 25.1. The first-order chi connectivity index (χ1) is 16.8. The number of benzene rings is 2. The van der Waals surface area contributed by atoms with Crippen LogP contribution in [0.1, 0.15) is 33.6 Å². The predicted molar refractivity (Wildman–Crippen MR) is 127 cm³/mol. The van der Waals surface area contributed by atoms with Gasteiger partial charge in [-0.15, -0.1) is 0 Å². The van der Waals surface area contributed by atoms with Crippen LogP contribution in [0.4, 0.5) is 4.39 Å². The summed E-state index contributed by atoms with van der Waals surface area (Å²) >= 11 is 5.93. The first-order valence-corrected chi connectivity index (χ1v) is 11.8. The third kappa shape index (κ3) is 5.32. The standard InChI is InChI=1S/C25H27ClFN3O5/c1-34-15-12-28-22(31)21-16-35-25(30(21)24(33)18-4-8-20(27)9-5-18)10-13-29(14-11-25)23(32)17-2-6-19(26)7-3-17/h2-9,21H,10-16H2,1H3,(H,28,31)/t21-/m1/s1. The topological polar surface area (TPSA) is 88.2 Å². The van der Waals surface area contributed by atoms with Crippen molar-refractivity contribution in [2.75, 3.05) is 40.0 Å². The zero-order valence-electron chi connectivity index (χ0n) is 19.3. The Labute approximate surface area is 207 Å². The molecule has 1 atom stereocenters. The van der Waals surface area contributed by atoms with Crippen molar-refractivity contribution in [3.63, 3.8) is 0 Å². The Balaban J connectivity index is 1.54. The largest absolute Gasteiger partial charge is 0.383 e. The molecule has 2 aromatic rings. The van der Waals surface area contributed by atoms with Crippen LogP contribution < -0.4 is 5.32 Å². The number of nitrogens with one attached hydrogen (secondary N) is 1. The van der Waals surface area contributed by atoms with E-state index in [0.717, 1.165) is 0 Å². The fourth-order valence-electron chi connectivity index (χ4n) is 4.53. The number of hydrogen-bond donors (Lipinski definition) is 1. The maximum Gasteiger partial charge on any atom is 0.256 e. The van der Waals surface area contributed by atoms with Gasteiger partial charge in [0.15, 0.2) is 0 Å². The van der Waals surface area contributed by atoms with Crippen molar-refractivity contribution in [3.05, 3.63) is 70.5 Å². The number of rotatable bonds is 6. The van der Waals surface area contributed by atoms with E-state index < -0.39 is 23.5 Å². The molecule has 35 heavy (non-hydrogen) atoms. The Morgan fingerprint density at radius 2 is 1.66 bits per heavy atom. The molecule has 0 unspecified atom stereocenters. The second-order valence-corrected chi connectivity index (χ2v) is 8.97. The molecule has 8 nitrogen and oxygen atoms in total. The lowest BCUT2D eigenvalue weighted by Gasteiger charge is -2.44. The van der Waals surface area contributed by atoms with Crippen molar-refractivity contribution in [2.45, 2.75) is 24.6 Å². The zero-order chi connectivity index (χ0) is 25.0. The van der Waals surface area contributed by atoms with Gasteiger partial charge in [0.25, 0.3) is 11.8 Å². The van der Waals surface area contributed by atoms with Gasteiger partial charge in [-0.1, -0.05) is 11.6 Å². The lowest BCUT2D eigenvalue weighted by atomic mass is 9.96. The average Bonchev–Trinajstić information content (AvgIpc) is 3.23. The zero-order valence-corrected chi connectivity index (χ0v) is 20.1. The number of halogens is 2. The molecule has 1 N–H and O–H groups in total. The highest BCUT2D eigenvalue weighted by Crippen LogP contribution is 2.39. The third-order valence-corrected chi connectivity index (χ3v) is 6.65. The minimum absolute atomic E-state index is 0.0247. The van der Waals surface area contributed by atoms with Crippen molar-refractivity contribution in [1.82, 2.24) is 15.1 Å². The molecule has 0 saturated carbocycles. The van der Waals surface area contributed by atoms with Crippen LogP contribution in [0.3, 0.4) is 0 Å². The number of likely N-dealkylation sites (tertiary alicyclic amines) is 1. The molecule has 3 amide bonds. The van der Waals surface area contributed by atoms with Crippen LogP contribution in [-0.2, 0) is 14.3 Å². The molecule has 0 bridgehead atoms. The van der Waals surface area contributed by atoms with Crippen LogP contribution in [0.25, 0.3) is 0 Å². The van der Waals surface area contributed by atoms with Crippen LogP contribution in [-0.4, -0.2) is 79.2 Å². The second-order valence-electron chi connectivity index (χ2n) is 8.54. The molecule has 186 valence electrons. The van der Waals surface area contributed by atoms with E-state index in [4.69, 9.17) is 21.1 Å². The van der Waals surface area contributed by atoms with Crippen molar-refractivity contribution in [3.8, 4) is 0 Å². The highest BCUT2D eigenvalue weighted by atomic mass is 35.5. The Bertz CT molecular complexity index is 1070. The molecule has 2 heterocycles. The molecule has 2 saturated heterocycles. The molecular formula is C25H27ClFN3O5. The Morgan fingerprint density at radius 1 is 1.06 bits per heavy atom. The summed E-state index contributed by atoms with van der Waals surface area (Å²) in [6.07, 6.45) is 0.669. The van der Waals surface area contributed by atoms with E-state index in [1.54, 1.807) is 29.2 Å². The van der Waals surface area contributed by atoms with Gasteiger partial charge in [0.2, 0.25) is 5.91 Å². The highest BCUT2D eigenvalue weighted by Gasteiger charge is 2.54. The minimum Gasteiger partial charge on any atom is -0.383 e. The van der Waals surface area contributed by atoms with Crippen molar-refractivity contribution in [2.24, 2.45) is 0 Å². The fraction of sp³-hybridized carbons (Fsp3) is 0.400. The van der Waals surface area contributed by atoms with Crippen molar-refractivity contribution >= 4 is 29.3 Å². The summed E-state index contributed by atoms with van der Waals surface area (Å²) in [5, 5.41) is 3.32. The van der Waals surface area contributed by atoms with E-state index in [1.807, 2.05) is 0 Å². The lowest BCUT2D eigenvalue weighted by Crippen LogP contribution is -2.60.